The lowest BCUT2D eigenvalue weighted by Gasteiger charge is -2.11. The first kappa shape index (κ1) is 16.3. The van der Waals surface area contributed by atoms with Crippen molar-refractivity contribution in [3.8, 4) is 5.75 Å². The van der Waals surface area contributed by atoms with Gasteiger partial charge >= 0.3 is 0 Å². The quantitative estimate of drug-likeness (QED) is 0.491. The second-order valence-corrected chi connectivity index (χ2v) is 6.37. The molecule has 0 bridgehead atoms. The molecule has 4 N–H and O–H groups in total. The number of aliphatic imine (C=N–C) groups is 1. The zero-order valence-electron chi connectivity index (χ0n) is 13.3. The number of thiophene rings is 1. The van der Waals surface area contributed by atoms with Crippen LogP contribution in [-0.4, -0.2) is 24.7 Å². The summed E-state index contributed by atoms with van der Waals surface area (Å²) in [6.45, 7) is 0.195. The lowest BCUT2D eigenvalue weighted by atomic mass is 10.2. The van der Waals surface area contributed by atoms with Crippen LogP contribution < -0.4 is 15.8 Å². The number of nitrogens with one attached hydrogen (secondary N) is 1. The van der Waals surface area contributed by atoms with Gasteiger partial charge in [-0.3, -0.25) is 4.99 Å². The van der Waals surface area contributed by atoms with Gasteiger partial charge in [0.05, 0.1) is 19.3 Å². The molecule has 0 aliphatic heterocycles. The first-order valence-corrected chi connectivity index (χ1v) is 8.35. The molecule has 0 radical (unpaired) electrons. The molecule has 1 aromatic heterocycles. The number of para-hydroxylation sites is 2. The van der Waals surface area contributed by atoms with E-state index in [-0.39, 0.29) is 12.5 Å². The smallest absolute Gasteiger partial charge is 0.193 e. The van der Waals surface area contributed by atoms with E-state index >= 15 is 0 Å². The van der Waals surface area contributed by atoms with E-state index < -0.39 is 6.10 Å². The molecule has 1 unspecified atom stereocenters. The van der Waals surface area contributed by atoms with Gasteiger partial charge in [0.15, 0.2) is 5.96 Å². The van der Waals surface area contributed by atoms with Crippen LogP contribution >= 0.6 is 11.3 Å². The highest BCUT2D eigenvalue weighted by atomic mass is 32.1. The molecule has 6 heteroatoms. The van der Waals surface area contributed by atoms with Gasteiger partial charge in [-0.05, 0) is 29.7 Å². The fraction of sp³-hybridized carbons (Fsp3) is 0.167. The molecular formula is C18H19N3O2S. The molecule has 2 aromatic carbocycles. The molecule has 3 aromatic rings. The van der Waals surface area contributed by atoms with Crippen LogP contribution in [0.15, 0.2) is 59.6 Å². The SMILES string of the molecule is COc1ccccc1NC(N)=NCC(O)c1cc2ccccc2s1. The fourth-order valence-corrected chi connectivity index (χ4v) is 3.41. The van der Waals surface area contributed by atoms with E-state index in [1.807, 2.05) is 54.6 Å². The molecule has 0 amide bonds. The van der Waals surface area contributed by atoms with Gasteiger partial charge < -0.3 is 20.9 Å². The maximum atomic E-state index is 10.3. The monoisotopic (exact) mass is 341 g/mol. The van der Waals surface area contributed by atoms with Crippen LogP contribution in [0.1, 0.15) is 11.0 Å². The average Bonchev–Trinajstić information content (AvgIpc) is 3.04. The Morgan fingerprint density at radius 3 is 2.79 bits per heavy atom. The summed E-state index contributed by atoms with van der Waals surface area (Å²) >= 11 is 1.57. The number of ether oxygens (including phenoxy) is 1. The Bertz CT molecular complexity index is 827. The summed E-state index contributed by atoms with van der Waals surface area (Å²) < 4.78 is 6.40. The van der Waals surface area contributed by atoms with Crippen molar-refractivity contribution in [1.82, 2.24) is 0 Å². The highest BCUT2D eigenvalue weighted by molar-refractivity contribution is 7.19. The Morgan fingerprint density at radius 1 is 1.25 bits per heavy atom. The zero-order chi connectivity index (χ0) is 16.9. The molecule has 0 saturated carbocycles. The van der Waals surface area contributed by atoms with Crippen molar-refractivity contribution < 1.29 is 9.84 Å². The van der Waals surface area contributed by atoms with Crippen LogP contribution in [0.4, 0.5) is 5.69 Å². The Kier molecular flexibility index (Phi) is 4.98. The van der Waals surface area contributed by atoms with Crippen molar-refractivity contribution in [2.45, 2.75) is 6.10 Å². The lowest BCUT2D eigenvalue weighted by molar-refractivity contribution is 0.191. The maximum Gasteiger partial charge on any atom is 0.193 e. The molecule has 0 fully saturated rings. The van der Waals surface area contributed by atoms with Gasteiger partial charge in [-0.2, -0.15) is 0 Å². The molecule has 1 heterocycles. The predicted molar refractivity (Wildman–Crippen MR) is 99.9 cm³/mol. The van der Waals surface area contributed by atoms with Gasteiger partial charge in [-0.25, -0.2) is 0 Å². The molecule has 0 saturated heterocycles. The third-order valence-corrected chi connectivity index (χ3v) is 4.79. The molecule has 124 valence electrons. The van der Waals surface area contributed by atoms with E-state index in [2.05, 4.69) is 10.3 Å². The molecule has 24 heavy (non-hydrogen) atoms. The van der Waals surface area contributed by atoms with E-state index in [1.54, 1.807) is 18.4 Å². The number of guanidine groups is 1. The summed E-state index contributed by atoms with van der Waals surface area (Å²) in [4.78, 5) is 5.11. The molecule has 1 atom stereocenters. The third-order valence-electron chi connectivity index (χ3n) is 3.58. The van der Waals surface area contributed by atoms with Crippen LogP contribution in [-0.2, 0) is 0 Å². The van der Waals surface area contributed by atoms with Crippen molar-refractivity contribution in [2.24, 2.45) is 10.7 Å². The summed E-state index contributed by atoms with van der Waals surface area (Å²) in [5.41, 5.74) is 6.64. The molecule has 5 nitrogen and oxygen atoms in total. The first-order valence-electron chi connectivity index (χ1n) is 7.54. The Balaban J connectivity index is 1.67. The minimum atomic E-state index is -0.680. The number of benzene rings is 2. The van der Waals surface area contributed by atoms with Gasteiger partial charge in [0, 0.05) is 9.58 Å². The Morgan fingerprint density at radius 2 is 2.00 bits per heavy atom. The van der Waals surface area contributed by atoms with E-state index in [0.717, 1.165) is 20.7 Å². The van der Waals surface area contributed by atoms with Crippen molar-refractivity contribution in [3.05, 3.63) is 59.5 Å². The topological polar surface area (TPSA) is 79.9 Å². The molecule has 0 spiro atoms. The number of nitrogens with zero attached hydrogens (tertiary/aromatic N) is 1. The van der Waals surface area contributed by atoms with Gasteiger partial charge in [0.25, 0.3) is 0 Å². The number of nitrogens with two attached hydrogens (primary N) is 1. The van der Waals surface area contributed by atoms with Crippen LogP contribution in [0.5, 0.6) is 5.75 Å². The number of methoxy groups -OCH3 is 1. The lowest BCUT2D eigenvalue weighted by Crippen LogP contribution is -2.23. The highest BCUT2D eigenvalue weighted by Gasteiger charge is 2.11. The number of hydrogen-bond acceptors (Lipinski definition) is 4. The highest BCUT2D eigenvalue weighted by Crippen LogP contribution is 2.30. The third kappa shape index (κ3) is 3.67. The molecule has 3 rings (SSSR count). The van der Waals surface area contributed by atoms with Crippen LogP contribution in [0.2, 0.25) is 0 Å². The number of rotatable bonds is 5. The van der Waals surface area contributed by atoms with E-state index in [4.69, 9.17) is 10.5 Å². The number of anilines is 1. The molecular weight excluding hydrogens is 322 g/mol. The number of aliphatic hydroxyl groups excluding tert-OH is 1. The van der Waals surface area contributed by atoms with Gasteiger partial charge in [0.2, 0.25) is 0 Å². The van der Waals surface area contributed by atoms with Gasteiger partial charge in [0.1, 0.15) is 11.9 Å². The normalized spacial score (nSPS) is 13.0. The van der Waals surface area contributed by atoms with Crippen molar-refractivity contribution in [1.29, 1.82) is 0 Å². The number of hydrogen-bond donors (Lipinski definition) is 3. The van der Waals surface area contributed by atoms with Crippen LogP contribution in [0, 0.1) is 0 Å². The Labute approximate surface area is 144 Å². The summed E-state index contributed by atoms with van der Waals surface area (Å²) in [6, 6.07) is 17.5. The minimum absolute atomic E-state index is 0.195. The van der Waals surface area contributed by atoms with Gasteiger partial charge in [-0.1, -0.05) is 30.3 Å². The number of fused-ring (bicyclic) bond motifs is 1. The van der Waals surface area contributed by atoms with Crippen molar-refractivity contribution in [3.63, 3.8) is 0 Å². The Hall–Kier alpha value is -2.57. The predicted octanol–water partition coefficient (Wildman–Crippen LogP) is 3.37. The second-order valence-electron chi connectivity index (χ2n) is 5.25. The van der Waals surface area contributed by atoms with E-state index in [9.17, 15) is 5.11 Å². The standard InChI is InChI=1S/C18H19N3O2S/c1-23-15-8-4-3-7-13(15)21-18(19)20-11-14(22)17-10-12-6-2-5-9-16(12)24-17/h2-10,14,22H,11H2,1H3,(H3,19,20,21). The minimum Gasteiger partial charge on any atom is -0.495 e. The largest absolute Gasteiger partial charge is 0.495 e. The number of aliphatic hydroxyl groups is 1. The van der Waals surface area contributed by atoms with Crippen molar-refractivity contribution >= 4 is 33.1 Å². The van der Waals surface area contributed by atoms with E-state index in [1.165, 1.54) is 0 Å². The van der Waals surface area contributed by atoms with Gasteiger partial charge in [-0.15, -0.1) is 11.3 Å². The first-order chi connectivity index (χ1) is 11.7. The summed E-state index contributed by atoms with van der Waals surface area (Å²) in [5, 5.41) is 14.4. The van der Waals surface area contributed by atoms with Crippen molar-refractivity contribution in [2.75, 3.05) is 19.0 Å². The molecule has 0 aliphatic rings. The maximum absolute atomic E-state index is 10.3. The fourth-order valence-electron chi connectivity index (χ4n) is 2.37. The summed E-state index contributed by atoms with van der Waals surface area (Å²) in [6.07, 6.45) is -0.680. The average molecular weight is 341 g/mol. The zero-order valence-corrected chi connectivity index (χ0v) is 14.1. The summed E-state index contributed by atoms with van der Waals surface area (Å²) in [7, 11) is 1.60. The summed E-state index contributed by atoms with van der Waals surface area (Å²) in [5.74, 6) is 0.917. The van der Waals surface area contributed by atoms with E-state index in [0.29, 0.717) is 5.75 Å². The van der Waals surface area contributed by atoms with Crippen LogP contribution in [0.3, 0.4) is 0 Å². The van der Waals surface area contributed by atoms with Crippen LogP contribution in [0.25, 0.3) is 10.1 Å². The second kappa shape index (κ2) is 7.33. The molecule has 0 aliphatic carbocycles.